The van der Waals surface area contributed by atoms with Crippen LogP contribution < -0.4 is 9.47 Å². The maximum atomic E-state index is 6.06. The second-order valence-corrected chi connectivity index (χ2v) is 5.34. The molecule has 0 amide bonds. The lowest BCUT2D eigenvalue weighted by Gasteiger charge is -2.26. The molecule has 1 heterocycles. The monoisotopic (exact) mass is 276 g/mol. The second-order valence-electron chi connectivity index (χ2n) is 5.34. The van der Waals surface area contributed by atoms with E-state index in [1.807, 2.05) is 24.3 Å². The molecular formula is C19H16O2. The fraction of sp³-hybridized carbons (Fsp3) is 0.158. The van der Waals surface area contributed by atoms with E-state index in [1.165, 1.54) is 16.3 Å². The van der Waals surface area contributed by atoms with Crippen molar-refractivity contribution in [1.82, 2.24) is 0 Å². The van der Waals surface area contributed by atoms with E-state index in [4.69, 9.17) is 9.47 Å². The van der Waals surface area contributed by atoms with E-state index in [1.54, 1.807) is 0 Å². The molecule has 0 fully saturated rings. The van der Waals surface area contributed by atoms with E-state index in [0.29, 0.717) is 6.61 Å². The van der Waals surface area contributed by atoms with Gasteiger partial charge in [-0.05, 0) is 28.5 Å². The van der Waals surface area contributed by atoms with E-state index in [0.717, 1.165) is 17.9 Å². The molecule has 3 aromatic rings. The van der Waals surface area contributed by atoms with Gasteiger partial charge in [-0.25, -0.2) is 0 Å². The molecule has 0 aromatic heterocycles. The molecule has 0 N–H and O–H groups in total. The first-order valence-electron chi connectivity index (χ1n) is 7.25. The average Bonchev–Trinajstić information content (AvgIpc) is 2.55. The molecule has 0 radical (unpaired) electrons. The van der Waals surface area contributed by atoms with Crippen molar-refractivity contribution >= 4 is 10.8 Å². The molecule has 0 saturated carbocycles. The van der Waals surface area contributed by atoms with Crippen molar-refractivity contribution in [3.63, 3.8) is 0 Å². The number of fused-ring (bicyclic) bond motifs is 2. The summed E-state index contributed by atoms with van der Waals surface area (Å²) < 4.78 is 11.9. The summed E-state index contributed by atoms with van der Waals surface area (Å²) >= 11 is 0. The Kier molecular flexibility index (Phi) is 3.00. The summed E-state index contributed by atoms with van der Waals surface area (Å²) in [6.07, 6.45) is 0.918. The second kappa shape index (κ2) is 5.13. The van der Waals surface area contributed by atoms with Crippen LogP contribution in [0, 0.1) is 0 Å². The van der Waals surface area contributed by atoms with Crippen molar-refractivity contribution in [3.8, 4) is 11.5 Å². The maximum Gasteiger partial charge on any atom is 0.161 e. The molecule has 2 heteroatoms. The average molecular weight is 276 g/mol. The highest BCUT2D eigenvalue weighted by atomic mass is 16.6. The normalized spacial score (nSPS) is 16.9. The van der Waals surface area contributed by atoms with Crippen LogP contribution in [0.4, 0.5) is 0 Å². The van der Waals surface area contributed by atoms with E-state index in [2.05, 4.69) is 42.5 Å². The summed E-state index contributed by atoms with van der Waals surface area (Å²) in [5.74, 6) is 1.68. The van der Waals surface area contributed by atoms with E-state index in [9.17, 15) is 0 Å². The lowest BCUT2D eigenvalue weighted by molar-refractivity contribution is 0.0915. The lowest BCUT2D eigenvalue weighted by atomic mass is 10.00. The molecule has 0 bridgehead atoms. The van der Waals surface area contributed by atoms with Crippen LogP contribution in [0.25, 0.3) is 10.8 Å². The van der Waals surface area contributed by atoms with Gasteiger partial charge in [-0.1, -0.05) is 54.6 Å². The summed E-state index contributed by atoms with van der Waals surface area (Å²) in [6, 6.07) is 22.7. The molecule has 4 rings (SSSR count). The van der Waals surface area contributed by atoms with E-state index >= 15 is 0 Å². The van der Waals surface area contributed by atoms with Crippen molar-refractivity contribution in [3.05, 3.63) is 72.3 Å². The first-order valence-corrected chi connectivity index (χ1v) is 7.25. The van der Waals surface area contributed by atoms with Gasteiger partial charge < -0.3 is 9.47 Å². The van der Waals surface area contributed by atoms with Crippen LogP contribution in [0.15, 0.2) is 66.7 Å². The SMILES string of the molecule is c1ccc2c(c1)OCC(Cc1cccc3ccccc13)O2. The number of hydrogen-bond donors (Lipinski definition) is 0. The summed E-state index contributed by atoms with van der Waals surface area (Å²) in [5, 5.41) is 2.56. The number of ether oxygens (including phenoxy) is 2. The zero-order valence-electron chi connectivity index (χ0n) is 11.7. The molecule has 21 heavy (non-hydrogen) atoms. The fourth-order valence-corrected chi connectivity index (χ4v) is 2.88. The summed E-state index contributed by atoms with van der Waals surface area (Å²) in [6.45, 7) is 0.597. The predicted molar refractivity (Wildman–Crippen MR) is 84.0 cm³/mol. The Morgan fingerprint density at radius 1 is 0.810 bits per heavy atom. The van der Waals surface area contributed by atoms with Crippen molar-refractivity contribution in [1.29, 1.82) is 0 Å². The van der Waals surface area contributed by atoms with Crippen LogP contribution in [0.5, 0.6) is 11.5 Å². The molecule has 1 unspecified atom stereocenters. The van der Waals surface area contributed by atoms with Crippen LogP contribution in [-0.2, 0) is 6.42 Å². The minimum Gasteiger partial charge on any atom is -0.486 e. The number of benzene rings is 3. The Morgan fingerprint density at radius 2 is 1.57 bits per heavy atom. The Morgan fingerprint density at radius 3 is 2.52 bits per heavy atom. The van der Waals surface area contributed by atoms with Crippen molar-refractivity contribution in [2.24, 2.45) is 0 Å². The first kappa shape index (κ1) is 12.3. The van der Waals surface area contributed by atoms with Crippen LogP contribution in [0.3, 0.4) is 0 Å². The summed E-state index contributed by atoms with van der Waals surface area (Å²) in [4.78, 5) is 0. The largest absolute Gasteiger partial charge is 0.486 e. The smallest absolute Gasteiger partial charge is 0.161 e. The van der Waals surface area contributed by atoms with Gasteiger partial charge in [0.05, 0.1) is 0 Å². The minimum absolute atomic E-state index is 0.0608. The van der Waals surface area contributed by atoms with Crippen molar-refractivity contribution in [2.75, 3.05) is 6.61 Å². The quantitative estimate of drug-likeness (QED) is 0.697. The van der Waals surface area contributed by atoms with Crippen molar-refractivity contribution in [2.45, 2.75) is 12.5 Å². The third-order valence-electron chi connectivity index (χ3n) is 3.90. The minimum atomic E-state index is 0.0608. The Bertz CT molecular complexity index is 774. The summed E-state index contributed by atoms with van der Waals surface area (Å²) in [7, 11) is 0. The fourth-order valence-electron chi connectivity index (χ4n) is 2.88. The van der Waals surface area contributed by atoms with Crippen molar-refractivity contribution < 1.29 is 9.47 Å². The van der Waals surface area contributed by atoms with Gasteiger partial charge in [-0.3, -0.25) is 0 Å². The highest BCUT2D eigenvalue weighted by Crippen LogP contribution is 2.32. The van der Waals surface area contributed by atoms with Crippen LogP contribution in [-0.4, -0.2) is 12.7 Å². The van der Waals surface area contributed by atoms with Gasteiger partial charge in [0.2, 0.25) is 0 Å². The molecular weight excluding hydrogens is 260 g/mol. The topological polar surface area (TPSA) is 18.5 Å². The van der Waals surface area contributed by atoms with Gasteiger partial charge in [0, 0.05) is 6.42 Å². The molecule has 1 aliphatic heterocycles. The zero-order chi connectivity index (χ0) is 14.1. The summed E-state index contributed by atoms with van der Waals surface area (Å²) in [5.41, 5.74) is 1.31. The molecule has 1 aliphatic rings. The lowest BCUT2D eigenvalue weighted by Crippen LogP contribution is -2.31. The number of para-hydroxylation sites is 2. The van der Waals surface area contributed by atoms with Gasteiger partial charge >= 0.3 is 0 Å². The van der Waals surface area contributed by atoms with Gasteiger partial charge in [0.1, 0.15) is 12.7 Å². The van der Waals surface area contributed by atoms with E-state index in [-0.39, 0.29) is 6.10 Å². The number of rotatable bonds is 2. The van der Waals surface area contributed by atoms with Crippen LogP contribution in [0.1, 0.15) is 5.56 Å². The molecule has 104 valence electrons. The molecule has 2 nitrogen and oxygen atoms in total. The van der Waals surface area contributed by atoms with Crippen LogP contribution in [0.2, 0.25) is 0 Å². The standard InChI is InChI=1S/C19H16O2/c1-2-9-17-14(6-1)7-5-8-15(17)12-16-13-20-18-10-3-4-11-19(18)21-16/h1-11,16H,12-13H2. The molecule has 0 spiro atoms. The van der Waals surface area contributed by atoms with E-state index < -0.39 is 0 Å². The highest BCUT2D eigenvalue weighted by Gasteiger charge is 2.21. The molecule has 0 saturated heterocycles. The molecule has 0 aliphatic carbocycles. The highest BCUT2D eigenvalue weighted by molar-refractivity contribution is 5.85. The first-order chi connectivity index (χ1) is 10.4. The van der Waals surface area contributed by atoms with Crippen LogP contribution >= 0.6 is 0 Å². The van der Waals surface area contributed by atoms with Gasteiger partial charge in [0.15, 0.2) is 11.5 Å². The van der Waals surface area contributed by atoms with Gasteiger partial charge in [0.25, 0.3) is 0 Å². The predicted octanol–water partition coefficient (Wildman–Crippen LogP) is 4.22. The Labute approximate surface area is 123 Å². The maximum absolute atomic E-state index is 6.06. The zero-order valence-corrected chi connectivity index (χ0v) is 11.7. The third kappa shape index (κ3) is 2.33. The Hall–Kier alpha value is -2.48. The Balaban J connectivity index is 1.62. The molecule has 1 atom stereocenters. The third-order valence-corrected chi connectivity index (χ3v) is 3.90. The number of hydrogen-bond acceptors (Lipinski definition) is 2. The van der Waals surface area contributed by atoms with Gasteiger partial charge in [-0.2, -0.15) is 0 Å². The van der Waals surface area contributed by atoms with Gasteiger partial charge in [-0.15, -0.1) is 0 Å². The molecule has 3 aromatic carbocycles.